The molecule has 58 heavy (non-hydrogen) atoms. The van der Waals surface area contributed by atoms with Gasteiger partial charge in [0, 0.05) is 38.4 Å². The monoisotopic (exact) mass is 767 g/mol. The summed E-state index contributed by atoms with van der Waals surface area (Å²) < 4.78 is 19.5. The number of rotatable bonds is 6. The van der Waals surface area contributed by atoms with Gasteiger partial charge >= 0.3 is 0 Å². The maximum absolute atomic E-state index is 15.0. The lowest BCUT2D eigenvalue weighted by Gasteiger charge is -2.13. The van der Waals surface area contributed by atoms with Gasteiger partial charge < -0.3 is 4.57 Å². The van der Waals surface area contributed by atoms with E-state index in [1.54, 1.807) is 12.1 Å². The van der Waals surface area contributed by atoms with Gasteiger partial charge in [-0.3, -0.25) is 4.57 Å². The van der Waals surface area contributed by atoms with Gasteiger partial charge in [0.25, 0.3) is 0 Å². The third-order valence-corrected chi connectivity index (χ3v) is 11.4. The summed E-state index contributed by atoms with van der Waals surface area (Å²) in [6.07, 6.45) is 0. The van der Waals surface area contributed by atoms with Gasteiger partial charge in [-0.1, -0.05) is 157 Å². The molecule has 0 aliphatic heterocycles. The van der Waals surface area contributed by atoms with Crippen LogP contribution in [0.4, 0.5) is 4.39 Å². The fourth-order valence-electron chi connectivity index (χ4n) is 8.26. The zero-order valence-corrected chi connectivity index (χ0v) is 31.6. The summed E-state index contributed by atoms with van der Waals surface area (Å²) in [6, 6.07) is 63.5. The van der Waals surface area contributed by atoms with Crippen LogP contribution >= 0.6 is 11.6 Å². The molecule has 0 unspecified atom stereocenters. The maximum Gasteiger partial charge on any atom is 0.238 e. The molecular formula is C51H31ClFN5. The molecule has 3 heterocycles. The van der Waals surface area contributed by atoms with Crippen LogP contribution in [0.15, 0.2) is 188 Å². The van der Waals surface area contributed by atoms with Crippen molar-refractivity contribution in [2.24, 2.45) is 0 Å². The van der Waals surface area contributed by atoms with E-state index in [1.165, 1.54) is 11.6 Å². The molecule has 274 valence electrons. The third-order valence-electron chi connectivity index (χ3n) is 11.0. The van der Waals surface area contributed by atoms with Crippen LogP contribution in [0, 0.1) is 5.82 Å². The summed E-state index contributed by atoms with van der Waals surface area (Å²) in [5.74, 6) is 0.572. The van der Waals surface area contributed by atoms with E-state index >= 15 is 4.39 Å². The Hall–Kier alpha value is -7.41. The molecule has 0 saturated heterocycles. The van der Waals surface area contributed by atoms with Crippen LogP contribution in [0.3, 0.4) is 0 Å². The Kier molecular flexibility index (Phi) is 7.98. The number of hydrogen-bond acceptors (Lipinski definition) is 3. The van der Waals surface area contributed by atoms with Crippen LogP contribution in [0.2, 0.25) is 5.02 Å². The van der Waals surface area contributed by atoms with Crippen molar-refractivity contribution < 1.29 is 4.39 Å². The highest BCUT2D eigenvalue weighted by molar-refractivity contribution is 6.33. The Morgan fingerprint density at radius 1 is 0.397 bits per heavy atom. The molecule has 11 rings (SSSR count). The molecule has 11 aromatic rings. The summed E-state index contributed by atoms with van der Waals surface area (Å²) in [5.41, 5.74) is 10.8. The fourth-order valence-corrected chi connectivity index (χ4v) is 8.47. The number of aromatic nitrogens is 5. The Labute approximate surface area is 337 Å². The summed E-state index contributed by atoms with van der Waals surface area (Å²) in [5, 5.41) is 4.23. The minimum absolute atomic E-state index is 0.0454. The number of hydrogen-bond donors (Lipinski definition) is 0. The van der Waals surface area contributed by atoms with Gasteiger partial charge in [0.1, 0.15) is 5.82 Å². The van der Waals surface area contributed by atoms with Gasteiger partial charge in [-0.25, -0.2) is 9.37 Å². The molecular weight excluding hydrogens is 737 g/mol. The summed E-state index contributed by atoms with van der Waals surface area (Å²) in [4.78, 5) is 15.3. The molecule has 3 aromatic heterocycles. The predicted molar refractivity (Wildman–Crippen MR) is 235 cm³/mol. The minimum atomic E-state index is -0.543. The lowest BCUT2D eigenvalue weighted by Crippen LogP contribution is -2.07. The van der Waals surface area contributed by atoms with Crippen molar-refractivity contribution in [1.29, 1.82) is 0 Å². The van der Waals surface area contributed by atoms with Gasteiger partial charge in [-0.05, 0) is 64.7 Å². The zero-order valence-electron chi connectivity index (χ0n) is 30.9. The second-order valence-corrected chi connectivity index (χ2v) is 14.7. The van der Waals surface area contributed by atoms with Crippen molar-refractivity contribution in [3.8, 4) is 56.7 Å². The van der Waals surface area contributed by atoms with E-state index < -0.39 is 5.82 Å². The SMILES string of the molecule is Fc1cccc(-c2nc(-c3ccc(-c4ccccc4)cc3)nc(-n3c4ccccc4c4ccc5c(c6ccccc6n5-c5ccc(-c6ccccc6)cc5)c43)n2)c1Cl. The van der Waals surface area contributed by atoms with Crippen LogP contribution in [0.5, 0.6) is 0 Å². The molecule has 0 aliphatic carbocycles. The number of para-hydroxylation sites is 2. The molecule has 0 N–H and O–H groups in total. The predicted octanol–water partition coefficient (Wildman–Crippen LogP) is 13.5. The van der Waals surface area contributed by atoms with E-state index in [0.29, 0.717) is 17.3 Å². The van der Waals surface area contributed by atoms with E-state index in [4.69, 9.17) is 26.6 Å². The Balaban J connectivity index is 1.19. The zero-order chi connectivity index (χ0) is 38.7. The van der Waals surface area contributed by atoms with Crippen LogP contribution in [-0.4, -0.2) is 24.1 Å². The van der Waals surface area contributed by atoms with Crippen molar-refractivity contribution >= 4 is 55.2 Å². The van der Waals surface area contributed by atoms with Crippen molar-refractivity contribution in [3.63, 3.8) is 0 Å². The van der Waals surface area contributed by atoms with Gasteiger partial charge in [0.2, 0.25) is 5.95 Å². The number of benzene rings is 8. The number of nitrogens with zero attached hydrogens (tertiary/aromatic N) is 5. The first kappa shape index (κ1) is 33.9. The van der Waals surface area contributed by atoms with Crippen LogP contribution in [-0.2, 0) is 0 Å². The van der Waals surface area contributed by atoms with E-state index in [1.807, 2.05) is 42.5 Å². The average Bonchev–Trinajstić information content (AvgIpc) is 3.81. The Morgan fingerprint density at radius 2 is 0.948 bits per heavy atom. The molecule has 0 saturated carbocycles. The van der Waals surface area contributed by atoms with Crippen molar-refractivity contribution in [3.05, 3.63) is 199 Å². The number of fused-ring (bicyclic) bond motifs is 7. The molecule has 0 amide bonds. The van der Waals surface area contributed by atoms with Crippen molar-refractivity contribution in [1.82, 2.24) is 24.1 Å². The topological polar surface area (TPSA) is 48.5 Å². The Bertz CT molecular complexity index is 3340. The summed E-state index contributed by atoms with van der Waals surface area (Å²) in [6.45, 7) is 0. The van der Waals surface area contributed by atoms with Gasteiger partial charge in [-0.2, -0.15) is 9.97 Å². The second-order valence-electron chi connectivity index (χ2n) is 14.3. The quantitative estimate of drug-likeness (QED) is 0.169. The molecule has 0 spiro atoms. The first-order valence-corrected chi connectivity index (χ1v) is 19.5. The van der Waals surface area contributed by atoms with E-state index in [2.05, 4.69) is 137 Å². The molecule has 0 bridgehead atoms. The standard InChI is InChI=1S/C51H31ClFN5/c52-47-41(18-11-19-42(47)53)50-54-49(36-24-22-34(23-25-36)32-12-3-1-4-13-32)55-51(56-50)58-43-20-9-7-16-38(43)39-30-31-45-46(48(39)58)40-17-8-10-21-44(40)57(45)37-28-26-35(27-29-37)33-14-5-2-6-15-33/h1-31H. The molecule has 0 atom stereocenters. The van der Waals surface area contributed by atoms with Crippen molar-refractivity contribution in [2.75, 3.05) is 0 Å². The van der Waals surface area contributed by atoms with E-state index in [-0.39, 0.29) is 10.8 Å². The molecule has 0 radical (unpaired) electrons. The van der Waals surface area contributed by atoms with Gasteiger partial charge in [-0.15, -0.1) is 0 Å². The summed E-state index contributed by atoms with van der Waals surface area (Å²) >= 11 is 6.65. The highest BCUT2D eigenvalue weighted by Crippen LogP contribution is 2.42. The molecule has 0 aliphatic rings. The second kappa shape index (κ2) is 13.7. The van der Waals surface area contributed by atoms with E-state index in [9.17, 15) is 0 Å². The third kappa shape index (κ3) is 5.49. The minimum Gasteiger partial charge on any atom is -0.309 e. The highest BCUT2D eigenvalue weighted by atomic mass is 35.5. The highest BCUT2D eigenvalue weighted by Gasteiger charge is 2.24. The first-order chi connectivity index (χ1) is 28.6. The molecule has 8 aromatic carbocycles. The largest absolute Gasteiger partial charge is 0.309 e. The average molecular weight is 768 g/mol. The smallest absolute Gasteiger partial charge is 0.238 e. The van der Waals surface area contributed by atoms with Crippen LogP contribution in [0.25, 0.3) is 100 Å². The van der Waals surface area contributed by atoms with Crippen LogP contribution < -0.4 is 0 Å². The van der Waals surface area contributed by atoms with Crippen LogP contribution in [0.1, 0.15) is 0 Å². The molecule has 7 heteroatoms. The van der Waals surface area contributed by atoms with E-state index in [0.717, 1.165) is 71.6 Å². The molecule has 5 nitrogen and oxygen atoms in total. The normalized spacial score (nSPS) is 11.6. The van der Waals surface area contributed by atoms with Crippen molar-refractivity contribution in [2.45, 2.75) is 0 Å². The first-order valence-electron chi connectivity index (χ1n) is 19.1. The fraction of sp³-hybridized carbons (Fsp3) is 0. The lowest BCUT2D eigenvalue weighted by atomic mass is 10.0. The number of halogens is 2. The molecule has 0 fully saturated rings. The maximum atomic E-state index is 15.0. The Morgan fingerprint density at radius 3 is 1.64 bits per heavy atom. The van der Waals surface area contributed by atoms with Gasteiger partial charge in [0.15, 0.2) is 11.6 Å². The summed E-state index contributed by atoms with van der Waals surface area (Å²) in [7, 11) is 0. The van der Waals surface area contributed by atoms with Gasteiger partial charge in [0.05, 0.1) is 27.1 Å². The lowest BCUT2D eigenvalue weighted by molar-refractivity contribution is 0.628.